The molecule has 0 saturated heterocycles. The van der Waals surface area contributed by atoms with Crippen molar-refractivity contribution >= 4 is 23.3 Å². The molecule has 1 heterocycles. The lowest BCUT2D eigenvalue weighted by Crippen LogP contribution is -2.29. The van der Waals surface area contributed by atoms with Crippen LogP contribution in [0.4, 0.5) is 5.82 Å². The number of halogens is 1. The maximum atomic E-state index is 8.72. The van der Waals surface area contributed by atoms with E-state index in [0.29, 0.717) is 36.2 Å². The van der Waals surface area contributed by atoms with E-state index in [2.05, 4.69) is 10.1 Å². The fourth-order valence-electron chi connectivity index (χ4n) is 1.64. The summed E-state index contributed by atoms with van der Waals surface area (Å²) in [6, 6.07) is 1.61. The molecule has 0 aliphatic heterocycles. The van der Waals surface area contributed by atoms with Crippen molar-refractivity contribution in [1.82, 2.24) is 4.98 Å². The van der Waals surface area contributed by atoms with E-state index < -0.39 is 0 Å². The van der Waals surface area contributed by atoms with Crippen LogP contribution < -0.4 is 10.6 Å². The molecule has 0 atom stereocenters. The molecule has 7 heteroatoms. The average molecular weight is 287 g/mol. The van der Waals surface area contributed by atoms with E-state index in [1.807, 2.05) is 18.7 Å². The molecule has 0 saturated carbocycles. The lowest BCUT2D eigenvalue weighted by molar-refractivity contribution is 0.154. The van der Waals surface area contributed by atoms with Gasteiger partial charge in [-0.15, -0.1) is 0 Å². The van der Waals surface area contributed by atoms with Crippen LogP contribution in [0.5, 0.6) is 0 Å². The van der Waals surface area contributed by atoms with E-state index in [9.17, 15) is 0 Å². The molecule has 1 rings (SSSR count). The highest BCUT2D eigenvalue weighted by Crippen LogP contribution is 2.26. The SMILES string of the molecule is CCOCCN(CC)c1nccc(/C(N)=N/O)c1Cl. The molecule has 0 aromatic carbocycles. The molecular formula is C12H19ClN4O2. The number of hydrogen-bond acceptors (Lipinski definition) is 5. The minimum Gasteiger partial charge on any atom is -0.409 e. The summed E-state index contributed by atoms with van der Waals surface area (Å²) < 4.78 is 5.33. The first-order valence-corrected chi connectivity index (χ1v) is 6.48. The Labute approximate surface area is 117 Å². The Morgan fingerprint density at radius 2 is 2.32 bits per heavy atom. The Hall–Kier alpha value is -1.53. The summed E-state index contributed by atoms with van der Waals surface area (Å²) in [4.78, 5) is 6.23. The highest BCUT2D eigenvalue weighted by molar-refractivity contribution is 6.36. The predicted octanol–water partition coefficient (Wildman–Crippen LogP) is 1.69. The number of rotatable bonds is 7. The van der Waals surface area contributed by atoms with Crippen LogP contribution in [-0.2, 0) is 4.74 Å². The Kier molecular flexibility index (Phi) is 6.38. The molecule has 6 nitrogen and oxygen atoms in total. The lowest BCUT2D eigenvalue weighted by Gasteiger charge is -2.23. The Morgan fingerprint density at radius 1 is 1.58 bits per heavy atom. The zero-order chi connectivity index (χ0) is 14.3. The van der Waals surface area contributed by atoms with Gasteiger partial charge >= 0.3 is 0 Å². The molecule has 0 amide bonds. The third-order valence-electron chi connectivity index (χ3n) is 2.65. The number of likely N-dealkylation sites (N-methyl/N-ethyl adjacent to an activating group) is 1. The van der Waals surface area contributed by atoms with Crippen molar-refractivity contribution in [3.8, 4) is 0 Å². The molecule has 19 heavy (non-hydrogen) atoms. The highest BCUT2D eigenvalue weighted by atomic mass is 35.5. The summed E-state index contributed by atoms with van der Waals surface area (Å²) in [5, 5.41) is 12.1. The van der Waals surface area contributed by atoms with Gasteiger partial charge in [-0.25, -0.2) is 4.98 Å². The standard InChI is InChI=1S/C12H19ClN4O2/c1-3-17(7-8-19-4-2)12-10(13)9(5-6-15-12)11(14)16-18/h5-6,18H,3-4,7-8H2,1-2H3,(H2,14,16). The van der Waals surface area contributed by atoms with Gasteiger partial charge in [-0.05, 0) is 19.9 Å². The molecule has 0 fully saturated rings. The minimum absolute atomic E-state index is 0.0329. The van der Waals surface area contributed by atoms with Crippen LogP contribution in [0.3, 0.4) is 0 Å². The first-order chi connectivity index (χ1) is 9.15. The first-order valence-electron chi connectivity index (χ1n) is 6.10. The van der Waals surface area contributed by atoms with Gasteiger partial charge in [0.25, 0.3) is 0 Å². The first kappa shape index (κ1) is 15.5. The fraction of sp³-hybridized carbons (Fsp3) is 0.500. The quantitative estimate of drug-likeness (QED) is 0.262. The number of amidine groups is 1. The van der Waals surface area contributed by atoms with Crippen molar-refractivity contribution in [2.75, 3.05) is 31.2 Å². The highest BCUT2D eigenvalue weighted by Gasteiger charge is 2.15. The van der Waals surface area contributed by atoms with Crippen LogP contribution in [0.2, 0.25) is 5.02 Å². The lowest BCUT2D eigenvalue weighted by atomic mass is 10.2. The second kappa shape index (κ2) is 7.81. The van der Waals surface area contributed by atoms with Gasteiger partial charge < -0.3 is 20.6 Å². The van der Waals surface area contributed by atoms with E-state index in [1.54, 1.807) is 12.3 Å². The van der Waals surface area contributed by atoms with Gasteiger partial charge in [0.2, 0.25) is 0 Å². The number of ether oxygens (including phenoxy) is 1. The van der Waals surface area contributed by atoms with Gasteiger partial charge in [0.1, 0.15) is 5.82 Å². The van der Waals surface area contributed by atoms with Crippen LogP contribution >= 0.6 is 11.6 Å². The van der Waals surface area contributed by atoms with Crippen LogP contribution in [0.15, 0.2) is 17.4 Å². The smallest absolute Gasteiger partial charge is 0.171 e. The van der Waals surface area contributed by atoms with Crippen molar-refractivity contribution in [1.29, 1.82) is 0 Å². The molecule has 0 radical (unpaired) electrons. The van der Waals surface area contributed by atoms with Crippen molar-refractivity contribution < 1.29 is 9.94 Å². The molecule has 1 aromatic rings. The van der Waals surface area contributed by atoms with E-state index >= 15 is 0 Å². The third-order valence-corrected chi connectivity index (χ3v) is 3.02. The molecule has 0 spiro atoms. The second-order valence-corrected chi connectivity index (χ2v) is 4.14. The summed E-state index contributed by atoms with van der Waals surface area (Å²) in [5.41, 5.74) is 6.03. The number of pyridine rings is 1. The van der Waals surface area contributed by atoms with Gasteiger partial charge in [-0.1, -0.05) is 16.8 Å². The van der Waals surface area contributed by atoms with Crippen molar-refractivity contribution in [2.24, 2.45) is 10.9 Å². The van der Waals surface area contributed by atoms with Crippen LogP contribution in [0, 0.1) is 0 Å². The zero-order valence-electron chi connectivity index (χ0n) is 11.1. The topological polar surface area (TPSA) is 84.0 Å². The fourth-order valence-corrected chi connectivity index (χ4v) is 1.97. The molecule has 0 unspecified atom stereocenters. The Morgan fingerprint density at radius 3 is 2.89 bits per heavy atom. The van der Waals surface area contributed by atoms with Gasteiger partial charge in [-0.3, -0.25) is 0 Å². The summed E-state index contributed by atoms with van der Waals surface area (Å²) in [6.07, 6.45) is 1.58. The van der Waals surface area contributed by atoms with Gasteiger partial charge in [0, 0.05) is 31.5 Å². The Bertz CT molecular complexity index is 440. The number of oxime groups is 1. The molecular weight excluding hydrogens is 268 g/mol. The molecule has 0 aliphatic rings. The number of anilines is 1. The summed E-state index contributed by atoms with van der Waals surface area (Å²) in [7, 11) is 0. The molecule has 1 aromatic heterocycles. The number of hydrogen-bond donors (Lipinski definition) is 2. The van der Waals surface area contributed by atoms with E-state index in [-0.39, 0.29) is 5.84 Å². The number of nitrogens with two attached hydrogens (primary N) is 1. The summed E-state index contributed by atoms with van der Waals surface area (Å²) in [5.74, 6) is 0.572. The van der Waals surface area contributed by atoms with Crippen molar-refractivity contribution in [2.45, 2.75) is 13.8 Å². The van der Waals surface area contributed by atoms with E-state index in [4.69, 9.17) is 27.3 Å². The number of aromatic nitrogens is 1. The maximum Gasteiger partial charge on any atom is 0.171 e. The van der Waals surface area contributed by atoms with Gasteiger partial charge in [0.15, 0.2) is 5.84 Å². The average Bonchev–Trinajstić information content (AvgIpc) is 2.44. The minimum atomic E-state index is -0.0329. The summed E-state index contributed by atoms with van der Waals surface area (Å²) >= 11 is 6.25. The molecule has 106 valence electrons. The molecule has 0 bridgehead atoms. The largest absolute Gasteiger partial charge is 0.409 e. The Balaban J connectivity index is 2.98. The van der Waals surface area contributed by atoms with Crippen LogP contribution in [-0.4, -0.2) is 42.3 Å². The van der Waals surface area contributed by atoms with Gasteiger partial charge in [0.05, 0.1) is 11.6 Å². The second-order valence-electron chi connectivity index (χ2n) is 3.76. The summed E-state index contributed by atoms with van der Waals surface area (Å²) in [6.45, 7) is 6.62. The van der Waals surface area contributed by atoms with Crippen LogP contribution in [0.1, 0.15) is 19.4 Å². The molecule has 3 N–H and O–H groups in total. The predicted molar refractivity (Wildman–Crippen MR) is 76.1 cm³/mol. The normalized spacial score (nSPS) is 11.6. The monoisotopic (exact) mass is 286 g/mol. The zero-order valence-corrected chi connectivity index (χ0v) is 11.9. The maximum absolute atomic E-state index is 8.72. The van der Waals surface area contributed by atoms with Crippen molar-refractivity contribution in [3.63, 3.8) is 0 Å². The van der Waals surface area contributed by atoms with Crippen molar-refractivity contribution in [3.05, 3.63) is 22.8 Å². The molecule has 0 aliphatic carbocycles. The van der Waals surface area contributed by atoms with E-state index in [0.717, 1.165) is 6.54 Å². The van der Waals surface area contributed by atoms with Gasteiger partial charge in [-0.2, -0.15) is 0 Å². The third kappa shape index (κ3) is 3.97. The van der Waals surface area contributed by atoms with Crippen LogP contribution in [0.25, 0.3) is 0 Å². The van der Waals surface area contributed by atoms with E-state index in [1.165, 1.54) is 0 Å². The number of nitrogens with zero attached hydrogens (tertiary/aromatic N) is 3.